The first-order valence-corrected chi connectivity index (χ1v) is 10.4. The molecule has 2 aromatic carbocycles. The van der Waals surface area contributed by atoms with Crippen molar-refractivity contribution >= 4 is 40.9 Å². The van der Waals surface area contributed by atoms with Gasteiger partial charge in [0.2, 0.25) is 11.8 Å². The third-order valence-electron chi connectivity index (χ3n) is 6.33. The molecule has 3 aliphatic rings. The zero-order chi connectivity index (χ0) is 21.7. The largest absolute Gasteiger partial charge is 0.454 e. The molecule has 31 heavy (non-hydrogen) atoms. The van der Waals surface area contributed by atoms with Crippen LogP contribution in [0.15, 0.2) is 60.7 Å². The quantitative estimate of drug-likeness (QED) is 0.309. The normalized spacial score (nSPS) is 25.8. The summed E-state index contributed by atoms with van der Waals surface area (Å²) < 4.78 is 5.10. The lowest BCUT2D eigenvalue weighted by Crippen LogP contribution is -2.32. The first-order valence-electron chi connectivity index (χ1n) is 10.1. The number of carbonyl (C=O) groups excluding carboxylic acids is 4. The van der Waals surface area contributed by atoms with Crippen molar-refractivity contribution in [1.29, 1.82) is 0 Å². The highest BCUT2D eigenvalue weighted by Crippen LogP contribution is 2.53. The maximum atomic E-state index is 12.9. The van der Waals surface area contributed by atoms with Crippen LogP contribution in [0.3, 0.4) is 0 Å². The van der Waals surface area contributed by atoms with Crippen LogP contribution in [-0.4, -0.2) is 30.2 Å². The Morgan fingerprint density at radius 2 is 1.42 bits per heavy atom. The number of halogens is 1. The van der Waals surface area contributed by atoms with E-state index in [0.717, 1.165) is 6.42 Å². The van der Waals surface area contributed by atoms with E-state index in [-0.39, 0.29) is 46.8 Å². The molecule has 0 aromatic heterocycles. The highest BCUT2D eigenvalue weighted by Gasteiger charge is 2.59. The summed E-state index contributed by atoms with van der Waals surface area (Å²) in [6.07, 6.45) is 4.97. The van der Waals surface area contributed by atoms with Crippen molar-refractivity contribution in [2.24, 2.45) is 23.7 Å². The predicted molar refractivity (Wildman–Crippen MR) is 113 cm³/mol. The molecule has 2 amide bonds. The number of ketones is 1. The molecule has 5 rings (SSSR count). The number of anilines is 1. The van der Waals surface area contributed by atoms with E-state index in [4.69, 9.17) is 16.3 Å². The highest BCUT2D eigenvalue weighted by atomic mass is 35.5. The van der Waals surface area contributed by atoms with Gasteiger partial charge in [-0.2, -0.15) is 0 Å². The Morgan fingerprint density at radius 1 is 0.871 bits per heavy atom. The number of Topliss-reactive ketones (excluding diaryl/α,β-unsaturated/α-hetero) is 1. The Labute approximate surface area is 183 Å². The van der Waals surface area contributed by atoms with Gasteiger partial charge in [-0.05, 0) is 66.8 Å². The second-order valence-electron chi connectivity index (χ2n) is 8.06. The Kier molecular flexibility index (Phi) is 4.74. The fourth-order valence-corrected chi connectivity index (χ4v) is 4.96. The average molecular weight is 436 g/mol. The molecule has 1 heterocycles. The van der Waals surface area contributed by atoms with Crippen molar-refractivity contribution in [2.75, 3.05) is 11.5 Å². The lowest BCUT2D eigenvalue weighted by Gasteiger charge is -2.17. The standard InChI is InChI=1S/C24H18ClNO5/c25-17-7-3-13(4-8-17)19(27)12-31-24(30)14-5-9-18(10-6-14)26-22(28)20-15-1-2-16(11-15)21(20)23(26)29/h1-10,15-16,20-21H,11-12H2/t15-,16-,20+,21+/m0/s1. The van der Waals surface area contributed by atoms with E-state index in [1.165, 1.54) is 17.0 Å². The van der Waals surface area contributed by atoms with Gasteiger partial charge in [0.1, 0.15) is 0 Å². The molecular formula is C24H18ClNO5. The number of hydrogen-bond acceptors (Lipinski definition) is 5. The smallest absolute Gasteiger partial charge is 0.338 e. The van der Waals surface area contributed by atoms with Crippen LogP contribution in [0.2, 0.25) is 5.02 Å². The van der Waals surface area contributed by atoms with Crippen molar-refractivity contribution < 1.29 is 23.9 Å². The fourth-order valence-electron chi connectivity index (χ4n) is 4.84. The minimum atomic E-state index is -0.660. The monoisotopic (exact) mass is 435 g/mol. The maximum Gasteiger partial charge on any atom is 0.338 e. The van der Waals surface area contributed by atoms with Crippen molar-refractivity contribution in [3.8, 4) is 0 Å². The van der Waals surface area contributed by atoms with Crippen molar-refractivity contribution in [1.82, 2.24) is 0 Å². The minimum Gasteiger partial charge on any atom is -0.454 e. The first-order chi connectivity index (χ1) is 14.9. The molecule has 2 fully saturated rings. The van der Waals surface area contributed by atoms with Gasteiger partial charge in [0.25, 0.3) is 0 Å². The Bertz CT molecular complexity index is 1090. The minimum absolute atomic E-state index is 0.142. The van der Waals surface area contributed by atoms with E-state index in [1.54, 1.807) is 36.4 Å². The van der Waals surface area contributed by atoms with Crippen LogP contribution in [0.4, 0.5) is 5.69 Å². The fraction of sp³-hybridized carbons (Fsp3) is 0.250. The number of rotatable bonds is 5. The molecule has 0 N–H and O–H groups in total. The first kappa shape index (κ1) is 19.7. The summed E-state index contributed by atoms with van der Waals surface area (Å²) in [6, 6.07) is 12.4. The van der Waals surface area contributed by atoms with Gasteiger partial charge in [-0.1, -0.05) is 23.8 Å². The van der Waals surface area contributed by atoms with E-state index in [0.29, 0.717) is 16.3 Å². The van der Waals surface area contributed by atoms with Crippen LogP contribution < -0.4 is 4.90 Å². The summed E-state index contributed by atoms with van der Waals surface area (Å²) in [7, 11) is 0. The van der Waals surface area contributed by atoms with Crippen LogP contribution in [0.25, 0.3) is 0 Å². The second kappa shape index (κ2) is 7.46. The topological polar surface area (TPSA) is 80.8 Å². The predicted octanol–water partition coefficient (Wildman–Crippen LogP) is 3.69. The van der Waals surface area contributed by atoms with Gasteiger partial charge in [0, 0.05) is 10.6 Å². The number of allylic oxidation sites excluding steroid dienone is 2. The summed E-state index contributed by atoms with van der Waals surface area (Å²) in [5, 5.41) is 0.510. The van der Waals surface area contributed by atoms with Crippen LogP contribution >= 0.6 is 11.6 Å². The number of imide groups is 1. The summed E-state index contributed by atoms with van der Waals surface area (Å²) >= 11 is 5.80. The molecule has 0 spiro atoms. The van der Waals surface area contributed by atoms with Gasteiger partial charge in [0.15, 0.2) is 12.4 Å². The molecule has 2 aliphatic carbocycles. The number of fused-ring (bicyclic) bond motifs is 5. The van der Waals surface area contributed by atoms with E-state index in [2.05, 4.69) is 0 Å². The number of esters is 1. The number of nitrogens with zero attached hydrogens (tertiary/aromatic N) is 1. The van der Waals surface area contributed by atoms with Gasteiger partial charge in [-0.25, -0.2) is 4.79 Å². The SMILES string of the molecule is O=C(COC(=O)c1ccc(N2C(=O)[C@H]3[C@H](C2=O)[C@H]2C=C[C@H]3C2)cc1)c1ccc(Cl)cc1. The van der Waals surface area contributed by atoms with E-state index in [1.807, 2.05) is 12.2 Å². The Balaban J connectivity index is 1.24. The average Bonchev–Trinajstić information content (AvgIpc) is 3.46. The van der Waals surface area contributed by atoms with Crippen LogP contribution in [0.1, 0.15) is 27.1 Å². The molecule has 2 aromatic rings. The molecule has 1 aliphatic heterocycles. The molecule has 7 heteroatoms. The maximum absolute atomic E-state index is 12.9. The molecule has 0 unspecified atom stereocenters. The summed E-state index contributed by atoms with van der Waals surface area (Å²) in [5.74, 6) is -1.60. The Hall–Kier alpha value is -3.25. The molecule has 4 atom stereocenters. The molecular weight excluding hydrogens is 418 g/mol. The van der Waals surface area contributed by atoms with E-state index < -0.39 is 12.6 Å². The second-order valence-corrected chi connectivity index (χ2v) is 8.50. The van der Waals surface area contributed by atoms with Gasteiger partial charge in [0.05, 0.1) is 23.1 Å². The number of benzene rings is 2. The van der Waals surface area contributed by atoms with Crippen molar-refractivity contribution in [3.63, 3.8) is 0 Å². The van der Waals surface area contributed by atoms with Crippen molar-refractivity contribution in [2.45, 2.75) is 6.42 Å². The lowest BCUT2D eigenvalue weighted by atomic mass is 9.85. The van der Waals surface area contributed by atoms with Crippen LogP contribution in [0, 0.1) is 23.7 Å². The third kappa shape index (κ3) is 3.27. The lowest BCUT2D eigenvalue weighted by molar-refractivity contribution is -0.123. The third-order valence-corrected chi connectivity index (χ3v) is 6.58. The van der Waals surface area contributed by atoms with Gasteiger partial charge in [-0.15, -0.1) is 0 Å². The Morgan fingerprint density at radius 3 is 2.00 bits per heavy atom. The summed E-state index contributed by atoms with van der Waals surface area (Å²) in [5.41, 5.74) is 1.07. The molecule has 1 saturated carbocycles. The zero-order valence-electron chi connectivity index (χ0n) is 16.4. The highest BCUT2D eigenvalue weighted by molar-refractivity contribution is 6.30. The molecule has 0 radical (unpaired) electrons. The number of amides is 2. The zero-order valence-corrected chi connectivity index (χ0v) is 17.1. The summed E-state index contributed by atoms with van der Waals surface area (Å²) in [4.78, 5) is 51.4. The molecule has 156 valence electrons. The van der Waals surface area contributed by atoms with E-state index in [9.17, 15) is 19.2 Å². The van der Waals surface area contributed by atoms with Gasteiger partial charge >= 0.3 is 5.97 Å². The van der Waals surface area contributed by atoms with E-state index >= 15 is 0 Å². The molecule has 1 saturated heterocycles. The van der Waals surface area contributed by atoms with Crippen LogP contribution in [0.5, 0.6) is 0 Å². The molecule has 6 nitrogen and oxygen atoms in total. The van der Waals surface area contributed by atoms with Gasteiger partial charge in [-0.3, -0.25) is 19.3 Å². The number of ether oxygens (including phenoxy) is 1. The van der Waals surface area contributed by atoms with Gasteiger partial charge < -0.3 is 4.74 Å². The number of carbonyl (C=O) groups is 4. The summed E-state index contributed by atoms with van der Waals surface area (Å²) in [6.45, 7) is -0.398. The van der Waals surface area contributed by atoms with Crippen LogP contribution in [-0.2, 0) is 14.3 Å². The molecule has 2 bridgehead atoms. The van der Waals surface area contributed by atoms with Crippen molar-refractivity contribution in [3.05, 3.63) is 76.8 Å². The number of hydrogen-bond donors (Lipinski definition) is 0.